The van der Waals surface area contributed by atoms with E-state index in [-0.39, 0.29) is 0 Å². The summed E-state index contributed by atoms with van der Waals surface area (Å²) in [4.78, 5) is 0. The van der Waals surface area contributed by atoms with Crippen LogP contribution >= 0.6 is 0 Å². The van der Waals surface area contributed by atoms with Crippen LogP contribution in [0.4, 0.5) is 0 Å². The van der Waals surface area contributed by atoms with E-state index in [1.165, 1.54) is 18.4 Å². The van der Waals surface area contributed by atoms with Gasteiger partial charge in [0, 0.05) is 6.54 Å². The molecule has 1 heteroatoms. The van der Waals surface area contributed by atoms with Crippen LogP contribution in [0.25, 0.3) is 0 Å². The molecule has 11 heavy (non-hydrogen) atoms. The fourth-order valence-corrected chi connectivity index (χ4v) is 0.893. The summed E-state index contributed by atoms with van der Waals surface area (Å²) in [5.74, 6) is 0.737. The normalized spacial score (nSPS) is 9.91. The van der Waals surface area contributed by atoms with Crippen molar-refractivity contribution in [3.05, 3.63) is 11.8 Å². The third-order valence-electron chi connectivity index (χ3n) is 1.74. The number of nitrogens with one attached hydrogen (secondary N) is 1. The van der Waals surface area contributed by atoms with Gasteiger partial charge in [0.1, 0.15) is 0 Å². The van der Waals surface area contributed by atoms with Crippen LogP contribution in [0.3, 0.4) is 0 Å². The molecule has 0 fully saturated rings. The molecule has 0 aromatic rings. The molecule has 0 aliphatic carbocycles. The molecular formula is C10H21N. The van der Waals surface area contributed by atoms with Crippen LogP contribution in [0, 0.1) is 5.92 Å². The highest BCUT2D eigenvalue weighted by Gasteiger charge is 1.91. The Morgan fingerprint density at radius 3 is 2.18 bits per heavy atom. The van der Waals surface area contributed by atoms with Gasteiger partial charge in [0.25, 0.3) is 0 Å². The van der Waals surface area contributed by atoms with E-state index in [1.54, 1.807) is 0 Å². The average molecular weight is 155 g/mol. The summed E-state index contributed by atoms with van der Waals surface area (Å²) in [6, 6.07) is 0. The summed E-state index contributed by atoms with van der Waals surface area (Å²) in [7, 11) is 0. The first-order valence-electron chi connectivity index (χ1n) is 4.62. The van der Waals surface area contributed by atoms with Gasteiger partial charge in [-0.3, -0.25) is 0 Å². The molecule has 0 spiro atoms. The standard InChI is InChI=1S/C10H21N/c1-5-10(6-2)8-11-7-9(3)4/h8-9,11H,5-7H2,1-4H3. The molecule has 0 saturated carbocycles. The minimum Gasteiger partial charge on any atom is -0.391 e. The summed E-state index contributed by atoms with van der Waals surface area (Å²) in [5, 5.41) is 3.32. The third kappa shape index (κ3) is 5.96. The molecule has 0 aromatic carbocycles. The summed E-state index contributed by atoms with van der Waals surface area (Å²) < 4.78 is 0. The Balaban J connectivity index is 3.53. The lowest BCUT2D eigenvalue weighted by Gasteiger charge is -2.06. The van der Waals surface area contributed by atoms with Crippen molar-refractivity contribution in [3.8, 4) is 0 Å². The lowest BCUT2D eigenvalue weighted by atomic mass is 10.1. The van der Waals surface area contributed by atoms with E-state index in [0.717, 1.165) is 12.5 Å². The Bertz CT molecular complexity index is 108. The molecule has 0 unspecified atom stereocenters. The predicted octanol–water partition coefficient (Wildman–Crippen LogP) is 2.94. The van der Waals surface area contributed by atoms with Gasteiger partial charge in [-0.15, -0.1) is 0 Å². The third-order valence-corrected chi connectivity index (χ3v) is 1.74. The highest BCUT2D eigenvalue weighted by atomic mass is 14.8. The van der Waals surface area contributed by atoms with Gasteiger partial charge in [-0.1, -0.05) is 33.3 Å². The van der Waals surface area contributed by atoms with Crippen molar-refractivity contribution in [2.75, 3.05) is 6.54 Å². The van der Waals surface area contributed by atoms with Crippen LogP contribution in [0.1, 0.15) is 40.5 Å². The van der Waals surface area contributed by atoms with Gasteiger partial charge in [-0.25, -0.2) is 0 Å². The first-order valence-corrected chi connectivity index (χ1v) is 4.62. The highest BCUT2D eigenvalue weighted by Crippen LogP contribution is 2.02. The number of hydrogen-bond donors (Lipinski definition) is 1. The zero-order valence-corrected chi connectivity index (χ0v) is 8.28. The summed E-state index contributed by atoms with van der Waals surface area (Å²) >= 11 is 0. The second-order valence-electron chi connectivity index (χ2n) is 3.31. The molecule has 1 N–H and O–H groups in total. The second kappa shape index (κ2) is 6.26. The van der Waals surface area contributed by atoms with Crippen molar-refractivity contribution < 1.29 is 0 Å². The maximum atomic E-state index is 3.32. The van der Waals surface area contributed by atoms with Gasteiger partial charge < -0.3 is 5.32 Å². The van der Waals surface area contributed by atoms with Crippen molar-refractivity contribution in [2.45, 2.75) is 40.5 Å². The maximum absolute atomic E-state index is 3.32. The smallest absolute Gasteiger partial charge is 0.0164 e. The fraction of sp³-hybridized carbons (Fsp3) is 0.800. The van der Waals surface area contributed by atoms with Gasteiger partial charge in [-0.2, -0.15) is 0 Å². The van der Waals surface area contributed by atoms with Crippen LogP contribution in [0.5, 0.6) is 0 Å². The molecule has 1 nitrogen and oxygen atoms in total. The lowest BCUT2D eigenvalue weighted by molar-refractivity contribution is 0.608. The largest absolute Gasteiger partial charge is 0.391 e. The van der Waals surface area contributed by atoms with Gasteiger partial charge in [-0.05, 0) is 25.0 Å². The van der Waals surface area contributed by atoms with E-state index >= 15 is 0 Å². The first kappa shape index (κ1) is 10.5. The number of rotatable bonds is 5. The van der Waals surface area contributed by atoms with E-state index < -0.39 is 0 Å². The van der Waals surface area contributed by atoms with E-state index in [1.807, 2.05) is 0 Å². The van der Waals surface area contributed by atoms with Gasteiger partial charge >= 0.3 is 0 Å². The molecule has 0 aliphatic rings. The minimum absolute atomic E-state index is 0.737. The second-order valence-corrected chi connectivity index (χ2v) is 3.31. The lowest BCUT2D eigenvalue weighted by Crippen LogP contribution is -2.13. The van der Waals surface area contributed by atoms with Crippen LogP contribution in [0.15, 0.2) is 11.8 Å². The molecule has 0 aromatic heterocycles. The molecule has 0 bridgehead atoms. The van der Waals surface area contributed by atoms with Gasteiger partial charge in [0.15, 0.2) is 0 Å². The van der Waals surface area contributed by atoms with E-state index in [2.05, 4.69) is 39.2 Å². The molecule has 0 amide bonds. The van der Waals surface area contributed by atoms with E-state index in [4.69, 9.17) is 0 Å². The van der Waals surface area contributed by atoms with Crippen molar-refractivity contribution in [2.24, 2.45) is 5.92 Å². The molecule has 0 radical (unpaired) electrons. The molecule has 0 rings (SSSR count). The maximum Gasteiger partial charge on any atom is 0.0164 e. The minimum atomic E-state index is 0.737. The van der Waals surface area contributed by atoms with Gasteiger partial charge in [0.2, 0.25) is 0 Å². The Morgan fingerprint density at radius 2 is 1.82 bits per heavy atom. The Kier molecular flexibility index (Phi) is 6.00. The first-order chi connectivity index (χ1) is 5.20. The molecule has 0 atom stereocenters. The van der Waals surface area contributed by atoms with Crippen molar-refractivity contribution in [1.29, 1.82) is 0 Å². The zero-order chi connectivity index (χ0) is 8.69. The Labute approximate surface area is 70.9 Å². The van der Waals surface area contributed by atoms with Crippen molar-refractivity contribution in [1.82, 2.24) is 5.32 Å². The molecule has 0 saturated heterocycles. The van der Waals surface area contributed by atoms with E-state index in [9.17, 15) is 0 Å². The summed E-state index contributed by atoms with van der Waals surface area (Å²) in [6.45, 7) is 9.93. The SMILES string of the molecule is CCC(=CNCC(C)C)CC. The topological polar surface area (TPSA) is 12.0 Å². The quantitative estimate of drug-likeness (QED) is 0.643. The summed E-state index contributed by atoms with van der Waals surface area (Å²) in [6.07, 6.45) is 4.50. The van der Waals surface area contributed by atoms with Crippen LogP contribution in [-0.4, -0.2) is 6.54 Å². The van der Waals surface area contributed by atoms with Crippen LogP contribution < -0.4 is 5.32 Å². The molecular weight excluding hydrogens is 134 g/mol. The molecule has 66 valence electrons. The zero-order valence-electron chi connectivity index (χ0n) is 8.28. The molecule has 0 aliphatic heterocycles. The van der Waals surface area contributed by atoms with E-state index in [0.29, 0.717) is 0 Å². The number of allylic oxidation sites excluding steroid dienone is 1. The highest BCUT2D eigenvalue weighted by molar-refractivity contribution is 4.98. The van der Waals surface area contributed by atoms with Crippen molar-refractivity contribution in [3.63, 3.8) is 0 Å². The fourth-order valence-electron chi connectivity index (χ4n) is 0.893. The number of hydrogen-bond acceptors (Lipinski definition) is 1. The van der Waals surface area contributed by atoms with Gasteiger partial charge in [0.05, 0.1) is 0 Å². The molecule has 0 heterocycles. The van der Waals surface area contributed by atoms with Crippen LogP contribution in [0.2, 0.25) is 0 Å². The Morgan fingerprint density at radius 1 is 1.27 bits per heavy atom. The van der Waals surface area contributed by atoms with Crippen LogP contribution in [-0.2, 0) is 0 Å². The summed E-state index contributed by atoms with van der Waals surface area (Å²) in [5.41, 5.74) is 1.51. The van der Waals surface area contributed by atoms with Crippen molar-refractivity contribution >= 4 is 0 Å². The monoisotopic (exact) mass is 155 g/mol. The predicted molar refractivity (Wildman–Crippen MR) is 51.5 cm³/mol. The average Bonchev–Trinajstić information content (AvgIpc) is 1.98. The Hall–Kier alpha value is -0.460.